The van der Waals surface area contributed by atoms with Crippen molar-refractivity contribution in [2.75, 3.05) is 6.61 Å². The second-order valence-electron chi connectivity index (χ2n) is 6.18. The fourth-order valence-corrected chi connectivity index (χ4v) is 2.58. The molecule has 0 N–H and O–H groups in total. The van der Waals surface area contributed by atoms with Crippen molar-refractivity contribution < 1.29 is 31.1 Å². The van der Waals surface area contributed by atoms with Gasteiger partial charge in [0.15, 0.2) is 6.61 Å². The summed E-state index contributed by atoms with van der Waals surface area (Å²) in [5.74, 6) is -0.855. The van der Waals surface area contributed by atoms with Crippen LogP contribution in [0.25, 0.3) is 0 Å². The van der Waals surface area contributed by atoms with Gasteiger partial charge in [-0.15, -0.1) is 0 Å². The number of hydrogen-bond acceptors (Lipinski definition) is 2. The number of halogens is 7. The van der Waals surface area contributed by atoms with Crippen LogP contribution in [0.2, 0.25) is 0 Å². The van der Waals surface area contributed by atoms with Gasteiger partial charge in [0.25, 0.3) is 0 Å². The summed E-state index contributed by atoms with van der Waals surface area (Å²) in [6.45, 7) is 3.90. The summed E-state index contributed by atoms with van der Waals surface area (Å²) in [5, 5.41) is -0.104. The summed E-state index contributed by atoms with van der Waals surface area (Å²) in [5.41, 5.74) is -0.0283. The Balaban J connectivity index is 2.41. The van der Waals surface area contributed by atoms with Crippen molar-refractivity contribution in [2.24, 2.45) is 4.99 Å². The zero-order chi connectivity index (χ0) is 21.8. The van der Waals surface area contributed by atoms with Crippen LogP contribution in [-0.4, -0.2) is 12.8 Å². The van der Waals surface area contributed by atoms with Gasteiger partial charge in [-0.25, -0.2) is 0 Å². The minimum Gasteiger partial charge on any atom is -0.484 e. The Bertz CT molecular complexity index is 935. The van der Waals surface area contributed by atoms with Crippen molar-refractivity contribution in [1.29, 1.82) is 0 Å². The van der Waals surface area contributed by atoms with Crippen LogP contribution in [-0.2, 0) is 6.18 Å². The summed E-state index contributed by atoms with van der Waals surface area (Å²) in [6, 6.07) is 10.7. The molecule has 0 radical (unpaired) electrons. The summed E-state index contributed by atoms with van der Waals surface area (Å²) < 4.78 is 82.0. The van der Waals surface area contributed by atoms with Gasteiger partial charge in [-0.2, -0.15) is 26.3 Å². The van der Waals surface area contributed by atoms with Gasteiger partial charge in [0.2, 0.25) is 0 Å². The largest absolute Gasteiger partial charge is 0.484 e. The molecular weight excluding hydrogens is 464 g/mol. The topological polar surface area (TPSA) is 21.6 Å². The van der Waals surface area contributed by atoms with E-state index in [4.69, 9.17) is 0 Å². The maximum atomic E-state index is 13.2. The number of rotatable bonds is 5. The maximum Gasteiger partial charge on any atom is 0.422 e. The number of alkyl halides is 6. The molecule has 2 aromatic rings. The quantitative estimate of drug-likeness (QED) is 0.441. The molecule has 1 unspecified atom stereocenters. The summed E-state index contributed by atoms with van der Waals surface area (Å²) >= 11 is 3.31. The number of hydrogen-bond donors (Lipinski definition) is 0. The molecule has 0 heterocycles. The van der Waals surface area contributed by atoms with Crippen molar-refractivity contribution in [3.8, 4) is 5.75 Å². The zero-order valence-electron chi connectivity index (χ0n) is 15.1. The predicted molar refractivity (Wildman–Crippen MR) is 100 cm³/mol. The van der Waals surface area contributed by atoms with Crippen LogP contribution in [0.1, 0.15) is 24.0 Å². The molecule has 0 spiro atoms. The summed E-state index contributed by atoms with van der Waals surface area (Å²) in [6.07, 6.45) is -9.47. The molecule has 0 saturated heterocycles. The first-order valence-electron chi connectivity index (χ1n) is 8.26. The second kappa shape index (κ2) is 9.02. The zero-order valence-corrected chi connectivity index (χ0v) is 16.7. The molecule has 0 aliphatic rings. The van der Waals surface area contributed by atoms with Gasteiger partial charge in [0.1, 0.15) is 5.75 Å². The van der Waals surface area contributed by atoms with E-state index in [1.54, 1.807) is 6.92 Å². The monoisotopic (exact) mass is 479 g/mol. The Morgan fingerprint density at radius 3 is 2.21 bits per heavy atom. The Morgan fingerprint density at radius 1 is 1.03 bits per heavy atom. The van der Waals surface area contributed by atoms with Crippen LogP contribution in [0.4, 0.5) is 26.3 Å². The van der Waals surface area contributed by atoms with Gasteiger partial charge in [-0.05, 0) is 42.0 Å². The normalized spacial score (nSPS) is 13.9. The van der Waals surface area contributed by atoms with Gasteiger partial charge in [0, 0.05) is 16.1 Å². The molecule has 2 nitrogen and oxygen atoms in total. The average Bonchev–Trinajstić information content (AvgIpc) is 2.82. The predicted octanol–water partition coefficient (Wildman–Crippen LogP) is 6.63. The molecule has 0 aliphatic carbocycles. The van der Waals surface area contributed by atoms with Crippen LogP contribution in [0.15, 0.2) is 70.3 Å². The standard InChI is InChI=1S/C20H16BrF6NO/c1-12(14-3-5-16(21)6-4-14)13(2)28-17-7-8-18(29-11-19(22,23)24)10-15(9-17)20(25,26)27/h3-10,12H,2,11H2,1H3. The molecule has 2 rings (SSSR count). The van der Waals surface area contributed by atoms with E-state index in [1.807, 2.05) is 24.3 Å². The van der Waals surface area contributed by atoms with Gasteiger partial charge in [0.05, 0.1) is 10.9 Å². The average molecular weight is 480 g/mol. The maximum absolute atomic E-state index is 13.2. The third-order valence-corrected chi connectivity index (χ3v) is 4.42. The van der Waals surface area contributed by atoms with E-state index in [1.165, 1.54) is 0 Å². The lowest BCUT2D eigenvalue weighted by Gasteiger charge is -2.11. The fourth-order valence-electron chi connectivity index (χ4n) is 2.31. The third kappa shape index (κ3) is 7.23. The van der Waals surface area contributed by atoms with E-state index in [2.05, 4.69) is 32.2 Å². The summed E-state index contributed by atoms with van der Waals surface area (Å²) in [7, 11) is 0. The molecule has 2 aromatic carbocycles. The molecule has 29 heavy (non-hydrogen) atoms. The van der Waals surface area contributed by atoms with E-state index in [0.717, 1.165) is 28.2 Å². The third-order valence-electron chi connectivity index (χ3n) is 3.89. The Hall–Kier alpha value is -2.29. The summed E-state index contributed by atoms with van der Waals surface area (Å²) in [4.78, 5) is 4.14. The lowest BCUT2D eigenvalue weighted by atomic mass is 9.99. The van der Waals surface area contributed by atoms with Gasteiger partial charge in [-0.3, -0.25) is 4.99 Å². The first-order valence-corrected chi connectivity index (χ1v) is 9.05. The lowest BCUT2D eigenvalue weighted by molar-refractivity contribution is -0.153. The molecule has 0 amide bonds. The first kappa shape index (κ1) is 23.0. The number of ether oxygens (including phenoxy) is 1. The molecule has 0 aromatic heterocycles. The first-order chi connectivity index (χ1) is 13.3. The Morgan fingerprint density at radius 2 is 1.66 bits per heavy atom. The SMILES string of the molecule is C=C(N=c1ccc(OCC(F)(F)F)cc(C(F)(F)F)c1)C(C)c1ccc(Br)cc1. The molecule has 0 fully saturated rings. The molecule has 0 saturated carbocycles. The van der Waals surface area contributed by atoms with Crippen LogP contribution >= 0.6 is 15.9 Å². The smallest absolute Gasteiger partial charge is 0.422 e. The molecule has 9 heteroatoms. The highest BCUT2D eigenvalue weighted by atomic mass is 79.9. The van der Waals surface area contributed by atoms with Crippen molar-refractivity contribution in [3.05, 3.63) is 81.8 Å². The molecular formula is C20H16BrF6NO. The Labute approximate surface area is 171 Å². The van der Waals surface area contributed by atoms with Crippen LogP contribution < -0.4 is 10.1 Å². The second-order valence-corrected chi connectivity index (χ2v) is 7.10. The number of benzene rings is 1. The number of allylic oxidation sites excluding steroid dienone is 1. The van der Waals surface area contributed by atoms with E-state index in [0.29, 0.717) is 11.8 Å². The van der Waals surface area contributed by atoms with Crippen molar-refractivity contribution in [1.82, 2.24) is 0 Å². The van der Waals surface area contributed by atoms with Crippen molar-refractivity contribution in [3.63, 3.8) is 0 Å². The van der Waals surface area contributed by atoms with Crippen LogP contribution in [0.5, 0.6) is 5.75 Å². The minimum absolute atomic E-state index is 0.104. The highest BCUT2D eigenvalue weighted by Crippen LogP contribution is 2.30. The van der Waals surface area contributed by atoms with E-state index in [9.17, 15) is 26.3 Å². The van der Waals surface area contributed by atoms with Crippen molar-refractivity contribution in [2.45, 2.75) is 25.2 Å². The Kier molecular flexibility index (Phi) is 7.15. The number of nitrogens with zero attached hydrogens (tertiary/aromatic N) is 1. The highest BCUT2D eigenvalue weighted by molar-refractivity contribution is 9.10. The molecule has 0 aliphatic heterocycles. The highest BCUT2D eigenvalue weighted by Gasteiger charge is 2.32. The molecule has 1 atom stereocenters. The van der Waals surface area contributed by atoms with E-state index in [-0.39, 0.29) is 11.3 Å². The van der Waals surface area contributed by atoms with Gasteiger partial charge < -0.3 is 4.74 Å². The van der Waals surface area contributed by atoms with Gasteiger partial charge in [-0.1, -0.05) is 41.6 Å². The van der Waals surface area contributed by atoms with Gasteiger partial charge >= 0.3 is 12.4 Å². The lowest BCUT2D eigenvalue weighted by Crippen LogP contribution is -2.19. The van der Waals surface area contributed by atoms with Crippen LogP contribution in [0, 0.1) is 0 Å². The van der Waals surface area contributed by atoms with Crippen molar-refractivity contribution >= 4 is 15.9 Å². The molecule has 0 bridgehead atoms. The van der Waals surface area contributed by atoms with E-state index >= 15 is 0 Å². The van der Waals surface area contributed by atoms with Crippen LogP contribution in [0.3, 0.4) is 0 Å². The minimum atomic E-state index is -4.79. The molecule has 156 valence electrons. The van der Waals surface area contributed by atoms with E-state index < -0.39 is 30.3 Å². The fraction of sp³-hybridized carbons (Fsp3) is 0.250.